The molecule has 1 unspecified atom stereocenters. The molecule has 2 aromatic carbocycles. The first kappa shape index (κ1) is 19.5. The molecule has 1 amide bonds. The maximum atomic E-state index is 12.8. The van der Waals surface area contributed by atoms with Gasteiger partial charge in [0.2, 0.25) is 10.0 Å². The van der Waals surface area contributed by atoms with Gasteiger partial charge < -0.3 is 10.1 Å². The van der Waals surface area contributed by atoms with Crippen LogP contribution in [0.25, 0.3) is 0 Å². The smallest absolute Gasteiger partial charge is 0.255 e. The zero-order valence-electron chi connectivity index (χ0n) is 15.5. The predicted octanol–water partition coefficient (Wildman–Crippen LogP) is 2.91. The van der Waals surface area contributed by atoms with Crippen LogP contribution in [0, 0.1) is 0 Å². The van der Waals surface area contributed by atoms with Crippen LogP contribution in [0.15, 0.2) is 53.4 Å². The quantitative estimate of drug-likeness (QED) is 0.855. The van der Waals surface area contributed by atoms with E-state index in [1.165, 1.54) is 16.4 Å². The lowest BCUT2D eigenvalue weighted by Gasteiger charge is -2.30. The highest BCUT2D eigenvalue weighted by molar-refractivity contribution is 7.89. The summed E-state index contributed by atoms with van der Waals surface area (Å²) < 4.78 is 32.3. The number of ether oxygens (including phenoxy) is 1. The second kappa shape index (κ2) is 8.21. The molecule has 0 bridgehead atoms. The van der Waals surface area contributed by atoms with E-state index in [9.17, 15) is 13.2 Å². The lowest BCUT2D eigenvalue weighted by Crippen LogP contribution is -2.44. The molecule has 1 aliphatic heterocycles. The van der Waals surface area contributed by atoms with Crippen LogP contribution in [0.3, 0.4) is 0 Å². The maximum Gasteiger partial charge on any atom is 0.255 e. The number of rotatable bonds is 5. The summed E-state index contributed by atoms with van der Waals surface area (Å²) >= 11 is 0. The number of nitrogens with one attached hydrogen (secondary N) is 1. The highest BCUT2D eigenvalue weighted by Crippen LogP contribution is 2.21. The van der Waals surface area contributed by atoms with Gasteiger partial charge >= 0.3 is 0 Å². The highest BCUT2D eigenvalue weighted by Gasteiger charge is 2.29. The van der Waals surface area contributed by atoms with E-state index in [4.69, 9.17) is 4.74 Å². The van der Waals surface area contributed by atoms with Gasteiger partial charge in [0.25, 0.3) is 5.91 Å². The molecule has 2 aromatic rings. The fraction of sp³-hybridized carbons (Fsp3) is 0.350. The highest BCUT2D eigenvalue weighted by atomic mass is 32.2. The summed E-state index contributed by atoms with van der Waals surface area (Å²) in [7, 11) is -3.59. The van der Waals surface area contributed by atoms with Gasteiger partial charge in [0.15, 0.2) is 0 Å². The maximum absolute atomic E-state index is 12.8. The van der Waals surface area contributed by atoms with Gasteiger partial charge in [-0.15, -0.1) is 0 Å². The van der Waals surface area contributed by atoms with Gasteiger partial charge in [0.05, 0.1) is 17.6 Å². The summed E-state index contributed by atoms with van der Waals surface area (Å²) in [6.45, 7) is 4.93. The number of nitrogens with zero attached hydrogens (tertiary/aromatic N) is 1. The lowest BCUT2D eigenvalue weighted by molar-refractivity contribution is 0.0102. The van der Waals surface area contributed by atoms with Crippen molar-refractivity contribution in [1.82, 2.24) is 4.31 Å². The van der Waals surface area contributed by atoms with E-state index in [0.717, 1.165) is 17.7 Å². The summed E-state index contributed by atoms with van der Waals surface area (Å²) in [5.41, 5.74) is 2.23. The third kappa shape index (κ3) is 4.37. The largest absolute Gasteiger partial charge is 0.376 e. The number of aryl methyl sites for hydroxylation is 1. The monoisotopic (exact) mass is 388 g/mol. The Morgan fingerprint density at radius 1 is 1.19 bits per heavy atom. The molecular formula is C20H24N2O4S. The van der Waals surface area contributed by atoms with Crippen molar-refractivity contribution in [2.45, 2.75) is 31.3 Å². The second-order valence-corrected chi connectivity index (χ2v) is 8.47. The Hall–Kier alpha value is -2.22. The normalized spacial score (nSPS) is 18.2. The van der Waals surface area contributed by atoms with Crippen molar-refractivity contribution >= 4 is 21.6 Å². The number of carbonyl (C=O) groups excluding carboxylic acids is 1. The molecular weight excluding hydrogens is 364 g/mol. The molecule has 3 rings (SSSR count). The van der Waals surface area contributed by atoms with Gasteiger partial charge in [0, 0.05) is 24.3 Å². The number of hydrogen-bond acceptors (Lipinski definition) is 4. The molecule has 0 aliphatic carbocycles. The van der Waals surface area contributed by atoms with Gasteiger partial charge in [-0.25, -0.2) is 8.42 Å². The van der Waals surface area contributed by atoms with Crippen LogP contribution in [0.4, 0.5) is 5.69 Å². The van der Waals surface area contributed by atoms with E-state index >= 15 is 0 Å². The molecule has 1 heterocycles. The van der Waals surface area contributed by atoms with Gasteiger partial charge in [-0.2, -0.15) is 4.31 Å². The van der Waals surface area contributed by atoms with Gasteiger partial charge in [-0.1, -0.05) is 25.1 Å². The number of morpholine rings is 1. The van der Waals surface area contributed by atoms with Crippen LogP contribution in [0.5, 0.6) is 0 Å². The van der Waals surface area contributed by atoms with Crippen molar-refractivity contribution in [3.05, 3.63) is 59.7 Å². The van der Waals surface area contributed by atoms with Crippen molar-refractivity contribution in [2.24, 2.45) is 0 Å². The molecule has 7 heteroatoms. The molecule has 27 heavy (non-hydrogen) atoms. The van der Waals surface area contributed by atoms with Crippen molar-refractivity contribution < 1.29 is 17.9 Å². The van der Waals surface area contributed by atoms with Crippen LogP contribution in [0.2, 0.25) is 0 Å². The van der Waals surface area contributed by atoms with Crippen LogP contribution >= 0.6 is 0 Å². The minimum Gasteiger partial charge on any atom is -0.376 e. The minimum atomic E-state index is -3.59. The fourth-order valence-corrected chi connectivity index (χ4v) is 4.58. The van der Waals surface area contributed by atoms with Crippen LogP contribution < -0.4 is 5.32 Å². The lowest BCUT2D eigenvalue weighted by atomic mass is 10.1. The number of carbonyl (C=O) groups is 1. The van der Waals surface area contributed by atoms with Gasteiger partial charge in [0.1, 0.15) is 0 Å². The number of amides is 1. The average Bonchev–Trinajstić information content (AvgIpc) is 2.68. The zero-order valence-corrected chi connectivity index (χ0v) is 16.3. The number of hydrogen-bond donors (Lipinski definition) is 1. The van der Waals surface area contributed by atoms with Crippen molar-refractivity contribution in [2.75, 3.05) is 25.0 Å². The first-order valence-electron chi connectivity index (χ1n) is 9.03. The number of anilines is 1. The summed E-state index contributed by atoms with van der Waals surface area (Å²) in [6, 6.07) is 13.7. The SMILES string of the molecule is CCc1ccccc1NC(=O)c1ccc(S(=O)(=O)N2CCOC(C)C2)cc1. The van der Waals surface area contributed by atoms with E-state index < -0.39 is 10.0 Å². The summed E-state index contributed by atoms with van der Waals surface area (Å²) in [6.07, 6.45) is 0.684. The Morgan fingerprint density at radius 3 is 2.56 bits per heavy atom. The number of sulfonamides is 1. The van der Waals surface area contributed by atoms with Crippen LogP contribution in [-0.4, -0.2) is 44.4 Å². The van der Waals surface area contributed by atoms with E-state index in [1.807, 2.05) is 38.1 Å². The molecule has 6 nitrogen and oxygen atoms in total. The minimum absolute atomic E-state index is 0.128. The Bertz CT molecular complexity index is 910. The molecule has 0 radical (unpaired) electrons. The molecule has 1 N–H and O–H groups in total. The van der Waals surface area contributed by atoms with E-state index in [-0.39, 0.29) is 16.9 Å². The Kier molecular flexibility index (Phi) is 5.94. The summed E-state index contributed by atoms with van der Waals surface area (Å²) in [5.74, 6) is -0.264. The van der Waals surface area contributed by atoms with Gasteiger partial charge in [-0.05, 0) is 49.2 Å². The molecule has 1 fully saturated rings. The molecule has 1 saturated heterocycles. The zero-order chi connectivity index (χ0) is 19.4. The summed E-state index contributed by atoms with van der Waals surface area (Å²) in [5, 5.41) is 2.89. The van der Waals surface area contributed by atoms with E-state index in [0.29, 0.717) is 25.3 Å². The number of benzene rings is 2. The first-order valence-corrected chi connectivity index (χ1v) is 10.5. The Balaban J connectivity index is 1.75. The third-order valence-corrected chi connectivity index (χ3v) is 6.48. The number of para-hydroxylation sites is 1. The summed E-state index contributed by atoms with van der Waals surface area (Å²) in [4.78, 5) is 12.7. The standard InChI is InChI=1S/C20H24N2O4S/c1-3-16-6-4-5-7-19(16)21-20(23)17-8-10-18(11-9-17)27(24,25)22-12-13-26-15(2)14-22/h4-11,15H,3,12-14H2,1-2H3,(H,21,23). The van der Waals surface area contributed by atoms with Gasteiger partial charge in [-0.3, -0.25) is 4.79 Å². The van der Waals surface area contributed by atoms with E-state index in [2.05, 4.69) is 5.32 Å². The Morgan fingerprint density at radius 2 is 1.89 bits per heavy atom. The molecule has 0 saturated carbocycles. The third-order valence-electron chi connectivity index (χ3n) is 4.60. The molecule has 144 valence electrons. The Labute approximate surface area is 160 Å². The second-order valence-electron chi connectivity index (χ2n) is 6.53. The predicted molar refractivity (Wildman–Crippen MR) is 104 cm³/mol. The molecule has 0 spiro atoms. The van der Waals surface area contributed by atoms with Crippen LogP contribution in [-0.2, 0) is 21.2 Å². The van der Waals surface area contributed by atoms with Crippen molar-refractivity contribution in [3.8, 4) is 0 Å². The molecule has 1 atom stereocenters. The topological polar surface area (TPSA) is 75.7 Å². The van der Waals surface area contributed by atoms with Crippen LogP contribution in [0.1, 0.15) is 29.8 Å². The molecule has 1 aliphatic rings. The first-order chi connectivity index (χ1) is 12.9. The molecule has 0 aromatic heterocycles. The fourth-order valence-electron chi connectivity index (χ4n) is 3.08. The van der Waals surface area contributed by atoms with E-state index in [1.54, 1.807) is 12.1 Å². The van der Waals surface area contributed by atoms with Crippen molar-refractivity contribution in [1.29, 1.82) is 0 Å². The average molecular weight is 388 g/mol. The van der Waals surface area contributed by atoms with Crippen molar-refractivity contribution in [3.63, 3.8) is 0 Å².